The summed E-state index contributed by atoms with van der Waals surface area (Å²) in [7, 11) is 0. The highest BCUT2D eigenvalue weighted by atomic mass is 16.2. The third kappa shape index (κ3) is 3.40. The fourth-order valence-corrected chi connectivity index (χ4v) is 3.25. The Labute approximate surface area is 142 Å². The average Bonchev–Trinajstić information content (AvgIpc) is 3.11. The van der Waals surface area contributed by atoms with Crippen LogP contribution in [0.4, 0.5) is 0 Å². The van der Waals surface area contributed by atoms with E-state index in [-0.39, 0.29) is 17.2 Å². The monoisotopic (exact) mass is 330 g/mol. The minimum Gasteiger partial charge on any atom is -0.342 e. The molecule has 3 rings (SSSR count). The molecule has 1 fully saturated rings. The van der Waals surface area contributed by atoms with Crippen LogP contribution in [0.3, 0.4) is 0 Å². The molecule has 130 valence electrons. The standard InChI is InChI=1S/C17H26N6O/c1-17(2,3)10-13(24)22-8-4-12(11-22)14-15-16(20-7-6-19-15)23(21-14)9-5-18/h6-7,12H,4-5,8-11,18H2,1-3H3/t12-/m0/s1. The molecule has 0 saturated carbocycles. The average molecular weight is 330 g/mol. The predicted octanol–water partition coefficient (Wildman–Crippen LogP) is 1.54. The molecule has 1 saturated heterocycles. The molecule has 2 N–H and O–H groups in total. The van der Waals surface area contributed by atoms with Crippen LogP contribution in [-0.2, 0) is 11.3 Å². The third-order valence-electron chi connectivity index (χ3n) is 4.34. The molecule has 0 aromatic carbocycles. The van der Waals surface area contributed by atoms with Gasteiger partial charge in [-0.15, -0.1) is 0 Å². The number of hydrogen-bond acceptors (Lipinski definition) is 5. The van der Waals surface area contributed by atoms with Gasteiger partial charge in [-0.2, -0.15) is 5.10 Å². The van der Waals surface area contributed by atoms with Crippen molar-refractivity contribution < 1.29 is 4.79 Å². The first-order valence-electron chi connectivity index (χ1n) is 8.54. The van der Waals surface area contributed by atoms with Crippen molar-refractivity contribution in [3.8, 4) is 0 Å². The summed E-state index contributed by atoms with van der Waals surface area (Å²) in [6.07, 6.45) is 4.86. The van der Waals surface area contributed by atoms with E-state index in [1.54, 1.807) is 12.4 Å². The van der Waals surface area contributed by atoms with E-state index < -0.39 is 0 Å². The molecule has 0 radical (unpaired) electrons. The maximum absolute atomic E-state index is 12.5. The van der Waals surface area contributed by atoms with Crippen LogP contribution in [0.15, 0.2) is 12.4 Å². The van der Waals surface area contributed by atoms with E-state index in [2.05, 4.69) is 30.7 Å². The molecule has 1 aliphatic rings. The number of amides is 1. The lowest BCUT2D eigenvalue weighted by molar-refractivity contribution is -0.132. The molecule has 7 nitrogen and oxygen atoms in total. The van der Waals surface area contributed by atoms with Crippen LogP contribution in [0.5, 0.6) is 0 Å². The highest BCUT2D eigenvalue weighted by Crippen LogP contribution is 2.31. The topological polar surface area (TPSA) is 89.9 Å². The van der Waals surface area contributed by atoms with Gasteiger partial charge in [0, 0.05) is 44.4 Å². The summed E-state index contributed by atoms with van der Waals surface area (Å²) in [4.78, 5) is 23.3. The van der Waals surface area contributed by atoms with Crippen molar-refractivity contribution in [3.05, 3.63) is 18.1 Å². The van der Waals surface area contributed by atoms with Gasteiger partial charge in [0.25, 0.3) is 0 Å². The van der Waals surface area contributed by atoms with Gasteiger partial charge in [-0.1, -0.05) is 20.8 Å². The minimum atomic E-state index is 0.00997. The van der Waals surface area contributed by atoms with Crippen molar-refractivity contribution in [2.24, 2.45) is 11.1 Å². The summed E-state index contributed by atoms with van der Waals surface area (Å²) in [5, 5.41) is 4.70. The van der Waals surface area contributed by atoms with Crippen LogP contribution in [0.1, 0.15) is 45.2 Å². The Hall–Kier alpha value is -2.02. The van der Waals surface area contributed by atoms with E-state index in [1.807, 2.05) is 9.58 Å². The van der Waals surface area contributed by atoms with Gasteiger partial charge in [-0.05, 0) is 11.8 Å². The largest absolute Gasteiger partial charge is 0.342 e. The van der Waals surface area contributed by atoms with Crippen molar-refractivity contribution in [1.29, 1.82) is 0 Å². The Morgan fingerprint density at radius 2 is 2.08 bits per heavy atom. The third-order valence-corrected chi connectivity index (χ3v) is 4.34. The second-order valence-corrected chi connectivity index (χ2v) is 7.69. The van der Waals surface area contributed by atoms with Gasteiger partial charge in [-0.25, -0.2) is 14.6 Å². The zero-order valence-corrected chi connectivity index (χ0v) is 14.7. The smallest absolute Gasteiger partial charge is 0.223 e. The number of carbonyl (C=O) groups excluding carboxylic acids is 1. The molecule has 0 bridgehead atoms. The van der Waals surface area contributed by atoms with Crippen LogP contribution in [-0.4, -0.2) is 50.2 Å². The number of likely N-dealkylation sites (tertiary alicyclic amines) is 1. The Morgan fingerprint density at radius 3 is 2.79 bits per heavy atom. The molecule has 0 unspecified atom stereocenters. The lowest BCUT2D eigenvalue weighted by Gasteiger charge is -2.22. The summed E-state index contributed by atoms with van der Waals surface area (Å²) in [5.41, 5.74) is 8.23. The molecule has 7 heteroatoms. The molecule has 3 heterocycles. The molecule has 1 atom stereocenters. The maximum atomic E-state index is 12.5. The van der Waals surface area contributed by atoms with Crippen molar-refractivity contribution in [2.45, 2.75) is 46.1 Å². The zero-order valence-electron chi connectivity index (χ0n) is 14.7. The van der Waals surface area contributed by atoms with Crippen molar-refractivity contribution in [3.63, 3.8) is 0 Å². The Kier molecular flexibility index (Phi) is 4.54. The number of nitrogens with two attached hydrogens (primary N) is 1. The quantitative estimate of drug-likeness (QED) is 0.918. The van der Waals surface area contributed by atoms with E-state index in [1.165, 1.54) is 0 Å². The number of hydrogen-bond donors (Lipinski definition) is 1. The lowest BCUT2D eigenvalue weighted by atomic mass is 9.91. The predicted molar refractivity (Wildman–Crippen MR) is 92.4 cm³/mol. The fraction of sp³-hybridized carbons (Fsp3) is 0.647. The zero-order chi connectivity index (χ0) is 17.3. The highest BCUT2D eigenvalue weighted by Gasteiger charge is 2.32. The number of aromatic nitrogens is 4. The van der Waals surface area contributed by atoms with Crippen molar-refractivity contribution >= 4 is 17.1 Å². The summed E-state index contributed by atoms with van der Waals surface area (Å²) in [6.45, 7) is 8.90. The van der Waals surface area contributed by atoms with Crippen LogP contribution in [0.25, 0.3) is 11.2 Å². The molecule has 0 spiro atoms. The molecule has 2 aromatic heterocycles. The van der Waals surface area contributed by atoms with E-state index in [0.29, 0.717) is 26.1 Å². The van der Waals surface area contributed by atoms with E-state index in [0.717, 1.165) is 29.8 Å². The van der Waals surface area contributed by atoms with E-state index in [4.69, 9.17) is 10.8 Å². The van der Waals surface area contributed by atoms with Gasteiger partial charge in [0.05, 0.1) is 12.2 Å². The van der Waals surface area contributed by atoms with Crippen LogP contribution in [0.2, 0.25) is 0 Å². The van der Waals surface area contributed by atoms with Gasteiger partial charge in [-0.3, -0.25) is 4.79 Å². The van der Waals surface area contributed by atoms with Gasteiger partial charge in [0.1, 0.15) is 5.52 Å². The van der Waals surface area contributed by atoms with Gasteiger partial charge >= 0.3 is 0 Å². The van der Waals surface area contributed by atoms with Gasteiger partial charge in [0.15, 0.2) is 5.65 Å². The number of rotatable bonds is 4. The van der Waals surface area contributed by atoms with Crippen LogP contribution >= 0.6 is 0 Å². The van der Waals surface area contributed by atoms with Crippen molar-refractivity contribution in [2.75, 3.05) is 19.6 Å². The molecule has 1 aliphatic heterocycles. The number of carbonyl (C=O) groups is 1. The van der Waals surface area contributed by atoms with Crippen LogP contribution in [0, 0.1) is 5.41 Å². The summed E-state index contributed by atoms with van der Waals surface area (Å²) in [6, 6.07) is 0. The van der Waals surface area contributed by atoms with Crippen LogP contribution < -0.4 is 5.73 Å². The number of fused-ring (bicyclic) bond motifs is 1. The van der Waals surface area contributed by atoms with Gasteiger partial charge in [0.2, 0.25) is 5.91 Å². The lowest BCUT2D eigenvalue weighted by Crippen LogP contribution is -2.31. The molecular formula is C17H26N6O. The molecule has 0 aliphatic carbocycles. The van der Waals surface area contributed by atoms with Crippen molar-refractivity contribution in [1.82, 2.24) is 24.6 Å². The Balaban J connectivity index is 1.81. The highest BCUT2D eigenvalue weighted by molar-refractivity contribution is 5.78. The summed E-state index contributed by atoms with van der Waals surface area (Å²) < 4.78 is 1.83. The summed E-state index contributed by atoms with van der Waals surface area (Å²) >= 11 is 0. The summed E-state index contributed by atoms with van der Waals surface area (Å²) in [5.74, 6) is 0.439. The minimum absolute atomic E-state index is 0.00997. The Bertz CT molecular complexity index is 732. The molecule has 24 heavy (non-hydrogen) atoms. The SMILES string of the molecule is CC(C)(C)CC(=O)N1CC[C@H](c2nn(CCN)c3nccnc23)C1. The molecule has 1 amide bonds. The normalized spacial score (nSPS) is 18.5. The number of nitrogens with zero attached hydrogens (tertiary/aromatic N) is 5. The van der Waals surface area contributed by atoms with E-state index in [9.17, 15) is 4.79 Å². The van der Waals surface area contributed by atoms with E-state index >= 15 is 0 Å². The molecule has 2 aromatic rings. The maximum Gasteiger partial charge on any atom is 0.223 e. The first-order valence-corrected chi connectivity index (χ1v) is 8.54. The first kappa shape index (κ1) is 16.8. The first-order chi connectivity index (χ1) is 11.4. The molecular weight excluding hydrogens is 304 g/mol. The second kappa shape index (κ2) is 6.47. The fourth-order valence-electron chi connectivity index (χ4n) is 3.25. The Morgan fingerprint density at radius 1 is 1.33 bits per heavy atom. The van der Waals surface area contributed by atoms with Gasteiger partial charge < -0.3 is 10.6 Å². The second-order valence-electron chi connectivity index (χ2n) is 7.69.